The van der Waals surface area contributed by atoms with Gasteiger partial charge in [0.2, 0.25) is 0 Å². The summed E-state index contributed by atoms with van der Waals surface area (Å²) in [6.45, 7) is 6.76. The molecule has 0 bridgehead atoms. The third-order valence-electron chi connectivity index (χ3n) is 3.73. The second kappa shape index (κ2) is 6.01. The standard InChI is InChI=1S/C16H18BrN5O2/c1-16(2,3)22-14-12(13(17)19-22)15(24)21(10-18-14)9-8-20-7-5-4-6-11(20)23/h4-7,10H,8-9H2,1-3H3. The molecule has 0 saturated carbocycles. The number of halogens is 1. The average molecular weight is 392 g/mol. The monoisotopic (exact) mass is 391 g/mol. The molecule has 8 heteroatoms. The lowest BCUT2D eigenvalue weighted by Gasteiger charge is -2.19. The zero-order valence-electron chi connectivity index (χ0n) is 13.7. The lowest BCUT2D eigenvalue weighted by atomic mass is 10.1. The molecule has 0 aliphatic heterocycles. The Morgan fingerprint density at radius 1 is 1.12 bits per heavy atom. The first-order valence-corrected chi connectivity index (χ1v) is 8.38. The first-order valence-electron chi connectivity index (χ1n) is 7.58. The van der Waals surface area contributed by atoms with E-state index in [2.05, 4.69) is 26.0 Å². The number of rotatable bonds is 3. The number of nitrogens with zero attached hydrogens (tertiary/aromatic N) is 5. The highest BCUT2D eigenvalue weighted by atomic mass is 79.9. The van der Waals surface area contributed by atoms with Crippen LogP contribution >= 0.6 is 15.9 Å². The Morgan fingerprint density at radius 2 is 1.83 bits per heavy atom. The van der Waals surface area contributed by atoms with Gasteiger partial charge < -0.3 is 4.57 Å². The van der Waals surface area contributed by atoms with E-state index in [0.29, 0.717) is 28.7 Å². The molecule has 3 aromatic heterocycles. The van der Waals surface area contributed by atoms with Gasteiger partial charge in [0.1, 0.15) is 16.3 Å². The number of hydrogen-bond donors (Lipinski definition) is 0. The summed E-state index contributed by atoms with van der Waals surface area (Å²) in [4.78, 5) is 28.9. The molecule has 0 radical (unpaired) electrons. The van der Waals surface area contributed by atoms with Crippen molar-refractivity contribution >= 4 is 27.0 Å². The van der Waals surface area contributed by atoms with E-state index < -0.39 is 0 Å². The van der Waals surface area contributed by atoms with E-state index in [1.54, 1.807) is 27.6 Å². The minimum absolute atomic E-state index is 0.0960. The topological polar surface area (TPSA) is 74.7 Å². The van der Waals surface area contributed by atoms with Gasteiger partial charge in [-0.05, 0) is 42.8 Å². The average Bonchev–Trinajstić information content (AvgIpc) is 2.86. The fraction of sp³-hybridized carbons (Fsp3) is 0.375. The van der Waals surface area contributed by atoms with Crippen molar-refractivity contribution in [3.8, 4) is 0 Å². The number of pyridine rings is 1. The van der Waals surface area contributed by atoms with E-state index in [-0.39, 0.29) is 16.7 Å². The highest BCUT2D eigenvalue weighted by Crippen LogP contribution is 2.24. The second-order valence-corrected chi connectivity index (χ2v) is 7.30. The van der Waals surface area contributed by atoms with Crippen LogP contribution in [0.5, 0.6) is 0 Å². The molecular formula is C16H18BrN5O2. The van der Waals surface area contributed by atoms with Crippen molar-refractivity contribution in [3.05, 3.63) is 56.0 Å². The van der Waals surface area contributed by atoms with Crippen LogP contribution in [0.25, 0.3) is 11.0 Å². The van der Waals surface area contributed by atoms with Crippen LogP contribution in [0.2, 0.25) is 0 Å². The molecule has 3 heterocycles. The molecule has 0 saturated heterocycles. The van der Waals surface area contributed by atoms with Crippen LogP contribution in [-0.4, -0.2) is 23.9 Å². The first-order chi connectivity index (χ1) is 11.3. The van der Waals surface area contributed by atoms with Gasteiger partial charge in [-0.25, -0.2) is 9.67 Å². The van der Waals surface area contributed by atoms with E-state index in [9.17, 15) is 9.59 Å². The fourth-order valence-corrected chi connectivity index (χ4v) is 3.00. The smallest absolute Gasteiger partial charge is 0.265 e. The largest absolute Gasteiger partial charge is 0.314 e. The predicted molar refractivity (Wildman–Crippen MR) is 95.2 cm³/mol. The zero-order valence-corrected chi connectivity index (χ0v) is 15.3. The molecule has 3 aromatic rings. The highest BCUT2D eigenvalue weighted by Gasteiger charge is 2.22. The van der Waals surface area contributed by atoms with Crippen LogP contribution in [0.15, 0.2) is 44.9 Å². The van der Waals surface area contributed by atoms with Gasteiger partial charge in [0.25, 0.3) is 11.1 Å². The van der Waals surface area contributed by atoms with E-state index in [4.69, 9.17) is 0 Å². The van der Waals surface area contributed by atoms with Gasteiger partial charge in [-0.3, -0.25) is 14.2 Å². The summed E-state index contributed by atoms with van der Waals surface area (Å²) in [5, 5.41) is 4.85. The summed E-state index contributed by atoms with van der Waals surface area (Å²) in [5.41, 5.74) is -0.00654. The van der Waals surface area contributed by atoms with Crippen LogP contribution < -0.4 is 11.1 Å². The molecule has 0 fully saturated rings. The molecule has 24 heavy (non-hydrogen) atoms. The Balaban J connectivity index is 2.01. The van der Waals surface area contributed by atoms with Crippen molar-refractivity contribution in [3.63, 3.8) is 0 Å². The minimum Gasteiger partial charge on any atom is -0.314 e. The van der Waals surface area contributed by atoms with Crippen molar-refractivity contribution < 1.29 is 0 Å². The van der Waals surface area contributed by atoms with Crippen molar-refractivity contribution in [1.29, 1.82) is 0 Å². The fourth-order valence-electron chi connectivity index (χ4n) is 2.49. The van der Waals surface area contributed by atoms with Crippen molar-refractivity contribution in [2.24, 2.45) is 0 Å². The van der Waals surface area contributed by atoms with Gasteiger partial charge >= 0.3 is 0 Å². The van der Waals surface area contributed by atoms with Crippen LogP contribution in [-0.2, 0) is 18.6 Å². The third kappa shape index (κ3) is 2.93. The molecule has 0 aliphatic carbocycles. The number of aromatic nitrogens is 5. The maximum Gasteiger partial charge on any atom is 0.265 e. The third-order valence-corrected chi connectivity index (χ3v) is 4.28. The summed E-state index contributed by atoms with van der Waals surface area (Å²) in [6.07, 6.45) is 3.21. The van der Waals surface area contributed by atoms with Crippen molar-refractivity contribution in [2.45, 2.75) is 39.4 Å². The lowest BCUT2D eigenvalue weighted by Crippen LogP contribution is -2.27. The molecule has 126 valence electrons. The number of aryl methyl sites for hydroxylation is 2. The Morgan fingerprint density at radius 3 is 2.50 bits per heavy atom. The molecule has 0 atom stereocenters. The Hall–Kier alpha value is -2.22. The Kier molecular flexibility index (Phi) is 4.16. The first kappa shape index (κ1) is 16.6. The second-order valence-electron chi connectivity index (χ2n) is 6.55. The SMILES string of the molecule is CC(C)(C)n1nc(Br)c2c(=O)n(CCn3ccccc3=O)cnc21. The molecule has 0 aromatic carbocycles. The van der Waals surface area contributed by atoms with Gasteiger partial charge in [0, 0.05) is 25.4 Å². The molecular weight excluding hydrogens is 374 g/mol. The molecule has 0 unspecified atom stereocenters. The van der Waals surface area contributed by atoms with E-state index >= 15 is 0 Å². The molecule has 0 aliphatic rings. The Labute approximate surface area is 146 Å². The van der Waals surface area contributed by atoms with Gasteiger partial charge in [-0.15, -0.1) is 0 Å². The van der Waals surface area contributed by atoms with Crippen LogP contribution in [0, 0.1) is 0 Å². The summed E-state index contributed by atoms with van der Waals surface area (Å²) < 4.78 is 5.28. The van der Waals surface area contributed by atoms with Crippen molar-refractivity contribution in [2.75, 3.05) is 0 Å². The maximum atomic E-state index is 12.7. The molecule has 0 amide bonds. The highest BCUT2D eigenvalue weighted by molar-refractivity contribution is 9.10. The molecule has 0 spiro atoms. The van der Waals surface area contributed by atoms with Gasteiger partial charge in [0.15, 0.2) is 5.65 Å². The van der Waals surface area contributed by atoms with E-state index in [0.717, 1.165) is 0 Å². The predicted octanol–water partition coefficient (Wildman–Crippen LogP) is 1.97. The molecule has 0 N–H and O–H groups in total. The molecule has 3 rings (SSSR count). The van der Waals surface area contributed by atoms with Crippen LogP contribution in [0.3, 0.4) is 0 Å². The van der Waals surface area contributed by atoms with E-state index in [1.165, 1.54) is 17.0 Å². The van der Waals surface area contributed by atoms with Gasteiger partial charge in [-0.1, -0.05) is 6.07 Å². The minimum atomic E-state index is -0.284. The summed E-state index contributed by atoms with van der Waals surface area (Å²) in [7, 11) is 0. The maximum absolute atomic E-state index is 12.7. The quantitative estimate of drug-likeness (QED) is 0.683. The van der Waals surface area contributed by atoms with Gasteiger partial charge in [0.05, 0.1) is 5.54 Å². The number of hydrogen-bond acceptors (Lipinski definition) is 4. The number of fused-ring (bicyclic) bond motifs is 1. The summed E-state index contributed by atoms with van der Waals surface area (Å²) >= 11 is 3.36. The van der Waals surface area contributed by atoms with E-state index in [1.807, 2.05) is 20.8 Å². The summed E-state index contributed by atoms with van der Waals surface area (Å²) in [6, 6.07) is 4.97. The Bertz CT molecular complexity index is 1010. The summed E-state index contributed by atoms with van der Waals surface area (Å²) in [5.74, 6) is 0. The van der Waals surface area contributed by atoms with Crippen LogP contribution in [0.1, 0.15) is 20.8 Å². The van der Waals surface area contributed by atoms with Crippen molar-refractivity contribution in [1.82, 2.24) is 23.9 Å². The zero-order chi connectivity index (χ0) is 17.5. The lowest BCUT2D eigenvalue weighted by molar-refractivity contribution is 0.364. The van der Waals surface area contributed by atoms with Crippen LogP contribution in [0.4, 0.5) is 0 Å². The molecule has 7 nitrogen and oxygen atoms in total. The van der Waals surface area contributed by atoms with Gasteiger partial charge in [-0.2, -0.15) is 5.10 Å². The normalized spacial score (nSPS) is 12.0.